The van der Waals surface area contributed by atoms with Gasteiger partial charge < -0.3 is 10.1 Å². The lowest BCUT2D eigenvalue weighted by Gasteiger charge is -2.23. The molecule has 5 nitrogen and oxygen atoms in total. The minimum Gasteiger partial charge on any atom is -0.495 e. The second-order valence-corrected chi connectivity index (χ2v) is 5.37. The van der Waals surface area contributed by atoms with E-state index >= 15 is 0 Å². The van der Waals surface area contributed by atoms with Crippen molar-refractivity contribution in [3.63, 3.8) is 0 Å². The minimum absolute atomic E-state index is 0.349. The zero-order chi connectivity index (χ0) is 19.3. The molecule has 0 aliphatic carbocycles. The number of anilines is 2. The Kier molecular flexibility index (Phi) is 5.86. The summed E-state index contributed by atoms with van der Waals surface area (Å²) in [6, 6.07) is 11.2. The lowest BCUT2D eigenvalue weighted by molar-refractivity contribution is -0.137. The number of alkyl halides is 3. The standard InChI is InChI=1S/C18H17F3N2O3/c1-12(24)23(15-9-5-6-10-16(15)26-2)11-17(25)22-14-8-4-3-7-13(14)18(19,20)21/h3-10H,11H2,1-2H3,(H,22,25). The van der Waals surface area contributed by atoms with E-state index < -0.39 is 30.1 Å². The summed E-state index contributed by atoms with van der Waals surface area (Å²) in [5, 5.41) is 2.22. The number of ether oxygens (including phenoxy) is 1. The highest BCUT2D eigenvalue weighted by molar-refractivity contribution is 6.02. The molecular weight excluding hydrogens is 349 g/mol. The van der Waals surface area contributed by atoms with E-state index in [1.54, 1.807) is 24.3 Å². The molecule has 0 saturated carbocycles. The number of halogens is 3. The molecule has 26 heavy (non-hydrogen) atoms. The van der Waals surface area contributed by atoms with Crippen LogP contribution in [0.5, 0.6) is 5.75 Å². The monoisotopic (exact) mass is 366 g/mol. The number of nitrogens with one attached hydrogen (secondary N) is 1. The van der Waals surface area contributed by atoms with Crippen LogP contribution in [0.15, 0.2) is 48.5 Å². The van der Waals surface area contributed by atoms with Gasteiger partial charge in [0.05, 0.1) is 24.0 Å². The normalized spacial score (nSPS) is 11.0. The third kappa shape index (κ3) is 4.53. The number of amides is 2. The second kappa shape index (κ2) is 7.90. The van der Waals surface area contributed by atoms with E-state index in [4.69, 9.17) is 4.74 Å². The Hall–Kier alpha value is -3.03. The van der Waals surface area contributed by atoms with Crippen LogP contribution in [-0.4, -0.2) is 25.5 Å². The number of hydrogen-bond donors (Lipinski definition) is 1. The number of benzene rings is 2. The van der Waals surface area contributed by atoms with E-state index in [2.05, 4.69) is 5.32 Å². The second-order valence-electron chi connectivity index (χ2n) is 5.37. The van der Waals surface area contributed by atoms with Crippen molar-refractivity contribution in [1.82, 2.24) is 0 Å². The molecule has 1 N–H and O–H groups in total. The van der Waals surface area contributed by atoms with Gasteiger partial charge in [-0.25, -0.2) is 0 Å². The topological polar surface area (TPSA) is 58.6 Å². The van der Waals surface area contributed by atoms with Crippen LogP contribution in [-0.2, 0) is 15.8 Å². The van der Waals surface area contributed by atoms with Crippen molar-refractivity contribution >= 4 is 23.2 Å². The van der Waals surface area contributed by atoms with E-state index in [1.165, 1.54) is 26.2 Å². The van der Waals surface area contributed by atoms with Gasteiger partial charge in [-0.2, -0.15) is 13.2 Å². The Morgan fingerprint density at radius 2 is 1.69 bits per heavy atom. The number of hydrogen-bond acceptors (Lipinski definition) is 3. The van der Waals surface area contributed by atoms with E-state index in [9.17, 15) is 22.8 Å². The van der Waals surface area contributed by atoms with Crippen LogP contribution in [0.25, 0.3) is 0 Å². The Bertz CT molecular complexity index is 806. The summed E-state index contributed by atoms with van der Waals surface area (Å²) in [5.41, 5.74) is -0.977. The smallest absolute Gasteiger partial charge is 0.418 e. The maximum Gasteiger partial charge on any atom is 0.418 e. The summed E-state index contributed by atoms with van der Waals surface area (Å²) >= 11 is 0. The highest BCUT2D eigenvalue weighted by Crippen LogP contribution is 2.34. The highest BCUT2D eigenvalue weighted by atomic mass is 19.4. The minimum atomic E-state index is -4.60. The number of methoxy groups -OCH3 is 1. The Morgan fingerprint density at radius 3 is 2.31 bits per heavy atom. The fraction of sp³-hybridized carbons (Fsp3) is 0.222. The first kappa shape index (κ1) is 19.3. The Balaban J connectivity index is 2.24. The first-order valence-electron chi connectivity index (χ1n) is 7.61. The average Bonchev–Trinajstić information content (AvgIpc) is 2.59. The molecule has 0 radical (unpaired) electrons. The predicted octanol–water partition coefficient (Wildman–Crippen LogP) is 3.71. The SMILES string of the molecule is COc1ccccc1N(CC(=O)Nc1ccccc1C(F)(F)F)C(C)=O. The number of nitrogens with zero attached hydrogens (tertiary/aromatic N) is 1. The van der Waals surface area contributed by atoms with Gasteiger partial charge in [-0.15, -0.1) is 0 Å². The maximum atomic E-state index is 13.0. The van der Waals surface area contributed by atoms with Crippen molar-refractivity contribution in [2.45, 2.75) is 13.1 Å². The molecule has 0 aliphatic heterocycles. The van der Waals surface area contributed by atoms with Crippen molar-refractivity contribution in [3.8, 4) is 5.75 Å². The van der Waals surface area contributed by atoms with Crippen molar-refractivity contribution in [1.29, 1.82) is 0 Å². The van der Waals surface area contributed by atoms with Crippen LogP contribution in [0.2, 0.25) is 0 Å². The summed E-state index contributed by atoms with van der Waals surface area (Å²) in [6.45, 7) is 0.797. The van der Waals surface area contributed by atoms with Crippen molar-refractivity contribution in [2.75, 3.05) is 23.9 Å². The zero-order valence-corrected chi connectivity index (χ0v) is 14.1. The molecule has 0 aromatic heterocycles. The van der Waals surface area contributed by atoms with Crippen LogP contribution in [0.4, 0.5) is 24.5 Å². The first-order chi connectivity index (χ1) is 12.2. The van der Waals surface area contributed by atoms with Gasteiger partial charge in [-0.1, -0.05) is 24.3 Å². The maximum absolute atomic E-state index is 13.0. The summed E-state index contributed by atoms with van der Waals surface area (Å²) in [6.07, 6.45) is -4.60. The summed E-state index contributed by atoms with van der Waals surface area (Å²) < 4.78 is 44.2. The first-order valence-corrected chi connectivity index (χ1v) is 7.61. The molecule has 0 saturated heterocycles. The fourth-order valence-corrected chi connectivity index (χ4v) is 2.39. The average molecular weight is 366 g/mol. The zero-order valence-electron chi connectivity index (χ0n) is 14.1. The van der Waals surface area contributed by atoms with E-state index in [1.807, 2.05) is 0 Å². The number of carbonyl (C=O) groups is 2. The fourth-order valence-electron chi connectivity index (χ4n) is 2.39. The summed E-state index contributed by atoms with van der Waals surface area (Å²) in [4.78, 5) is 25.3. The number of carbonyl (C=O) groups excluding carboxylic acids is 2. The molecule has 2 amide bonds. The van der Waals surface area contributed by atoms with Gasteiger partial charge in [0.2, 0.25) is 11.8 Å². The molecule has 0 heterocycles. The lowest BCUT2D eigenvalue weighted by atomic mass is 10.1. The van der Waals surface area contributed by atoms with Crippen LogP contribution in [0.1, 0.15) is 12.5 Å². The third-order valence-electron chi connectivity index (χ3n) is 3.56. The van der Waals surface area contributed by atoms with Gasteiger partial charge in [0.1, 0.15) is 12.3 Å². The quantitative estimate of drug-likeness (QED) is 0.878. The van der Waals surface area contributed by atoms with Gasteiger partial charge in [0.25, 0.3) is 0 Å². The molecule has 0 spiro atoms. The predicted molar refractivity (Wildman–Crippen MR) is 91.1 cm³/mol. The molecular formula is C18H17F3N2O3. The van der Waals surface area contributed by atoms with Crippen LogP contribution in [0.3, 0.4) is 0 Å². The van der Waals surface area contributed by atoms with E-state index in [0.717, 1.165) is 17.0 Å². The molecule has 0 aliphatic rings. The van der Waals surface area contributed by atoms with E-state index in [0.29, 0.717) is 11.4 Å². The van der Waals surface area contributed by atoms with E-state index in [-0.39, 0.29) is 5.69 Å². The molecule has 0 bridgehead atoms. The molecule has 2 aromatic carbocycles. The summed E-state index contributed by atoms with van der Waals surface area (Å²) in [7, 11) is 1.41. The van der Waals surface area contributed by atoms with Crippen molar-refractivity contribution in [3.05, 3.63) is 54.1 Å². The molecule has 0 atom stereocenters. The summed E-state index contributed by atoms with van der Waals surface area (Å²) in [5.74, 6) is -0.845. The van der Waals surface area contributed by atoms with Gasteiger partial charge in [-0.3, -0.25) is 14.5 Å². The van der Waals surface area contributed by atoms with Gasteiger partial charge >= 0.3 is 6.18 Å². The lowest BCUT2D eigenvalue weighted by Crippen LogP contribution is -2.37. The molecule has 2 aromatic rings. The van der Waals surface area contributed by atoms with Crippen LogP contribution >= 0.6 is 0 Å². The molecule has 0 fully saturated rings. The van der Waals surface area contributed by atoms with Gasteiger partial charge in [0, 0.05) is 6.92 Å². The Labute approximate surface area is 148 Å². The van der Waals surface area contributed by atoms with Crippen molar-refractivity contribution in [2.24, 2.45) is 0 Å². The van der Waals surface area contributed by atoms with Crippen LogP contribution in [0, 0.1) is 0 Å². The number of para-hydroxylation sites is 3. The largest absolute Gasteiger partial charge is 0.495 e. The van der Waals surface area contributed by atoms with Gasteiger partial charge in [0.15, 0.2) is 0 Å². The van der Waals surface area contributed by atoms with Crippen molar-refractivity contribution < 1.29 is 27.5 Å². The number of rotatable bonds is 5. The van der Waals surface area contributed by atoms with Gasteiger partial charge in [-0.05, 0) is 24.3 Å². The molecule has 2 rings (SSSR count). The molecule has 0 unspecified atom stereocenters. The molecule has 8 heteroatoms. The third-order valence-corrected chi connectivity index (χ3v) is 3.56. The Morgan fingerprint density at radius 1 is 1.08 bits per heavy atom. The van der Waals surface area contributed by atoms with Crippen LogP contribution < -0.4 is 15.0 Å². The highest BCUT2D eigenvalue weighted by Gasteiger charge is 2.33. The molecule has 138 valence electrons.